The molecular formula is C41H36N4O8. The van der Waals surface area contributed by atoms with E-state index in [1.807, 2.05) is 67.6 Å². The van der Waals surface area contributed by atoms with Crippen LogP contribution < -0.4 is 15.1 Å². The number of hydrogen-bond acceptors (Lipinski definition) is 9. The van der Waals surface area contributed by atoms with Gasteiger partial charge in [-0.1, -0.05) is 77.9 Å². The highest BCUT2D eigenvalue weighted by Crippen LogP contribution is 2.64. The molecule has 0 bridgehead atoms. The summed E-state index contributed by atoms with van der Waals surface area (Å²) in [5.74, 6) is -5.15. The number of amides is 4. The van der Waals surface area contributed by atoms with E-state index in [0.717, 1.165) is 26.6 Å². The zero-order valence-electron chi connectivity index (χ0n) is 28.8. The van der Waals surface area contributed by atoms with Gasteiger partial charge in [0.15, 0.2) is 0 Å². The minimum absolute atomic E-state index is 0.0962. The van der Waals surface area contributed by atoms with Crippen molar-refractivity contribution < 1.29 is 33.9 Å². The van der Waals surface area contributed by atoms with Gasteiger partial charge in [0.1, 0.15) is 12.4 Å². The quantitative estimate of drug-likeness (QED) is 0.0994. The van der Waals surface area contributed by atoms with Crippen molar-refractivity contribution >= 4 is 40.7 Å². The lowest BCUT2D eigenvalue weighted by Crippen LogP contribution is -2.53. The second-order valence-corrected chi connectivity index (χ2v) is 14.0. The molecule has 53 heavy (non-hydrogen) atoms. The third-order valence-corrected chi connectivity index (χ3v) is 11.3. The predicted octanol–water partition coefficient (Wildman–Crippen LogP) is 5.46. The molecule has 8 rings (SSSR count). The predicted molar refractivity (Wildman–Crippen MR) is 193 cm³/mol. The number of nitrogens with one attached hydrogen (secondary N) is 1. The number of non-ortho nitro benzene ring substituents is 1. The van der Waals surface area contributed by atoms with Crippen LogP contribution in [0.2, 0.25) is 0 Å². The van der Waals surface area contributed by atoms with E-state index < -0.39 is 63.6 Å². The number of rotatable bonds is 9. The maximum Gasteiger partial charge on any atom is 0.271 e. The molecule has 2 aliphatic heterocycles. The van der Waals surface area contributed by atoms with Gasteiger partial charge in [0.05, 0.1) is 46.1 Å². The molecule has 0 spiro atoms. The number of fused-ring (bicyclic) bond motifs is 4. The molecule has 3 fully saturated rings. The fraction of sp³-hybridized carbons (Fsp3) is 0.268. The van der Waals surface area contributed by atoms with Crippen LogP contribution in [0.1, 0.15) is 35.4 Å². The minimum atomic E-state index is -1.43. The van der Waals surface area contributed by atoms with Crippen LogP contribution in [0.5, 0.6) is 5.75 Å². The number of carbonyl (C=O) groups excluding carboxylic acids is 4. The van der Waals surface area contributed by atoms with Gasteiger partial charge in [-0.15, -0.1) is 0 Å². The van der Waals surface area contributed by atoms with Crippen LogP contribution in [-0.2, 0) is 24.6 Å². The molecule has 0 radical (unpaired) electrons. The van der Waals surface area contributed by atoms with E-state index in [0.29, 0.717) is 17.0 Å². The third-order valence-electron chi connectivity index (χ3n) is 11.3. The number of aliphatic hydroxyl groups excluding tert-OH is 1. The molecule has 0 unspecified atom stereocenters. The molecular weight excluding hydrogens is 676 g/mol. The standard InChI is InChI=1S/C41H36N4O8/c1-24-10-14-27(15-11-24)42-44-38(48)34-23-33-31(18-19-32-35(33)39(49)43(37(32)47)28-8-5-9-29(22-28)45(51)52)36(25-12-16-30(17-13-25)53-21-20-46)41(34,40(44)50)26-6-3-2-4-7-26/h2-18,22,32-36,42,46H,19-21,23H2,1H3/t32-,33+,34-,35-,36-,41+/m0/s1. The molecule has 2 heterocycles. The number of hydrazine groups is 1. The van der Waals surface area contributed by atoms with Crippen LogP contribution >= 0.6 is 0 Å². The summed E-state index contributed by atoms with van der Waals surface area (Å²) in [6, 6.07) is 29.3. The average molecular weight is 713 g/mol. The normalized spacial score (nSPS) is 26.2. The number of ether oxygens (including phenoxy) is 1. The van der Waals surface area contributed by atoms with Gasteiger partial charge in [-0.25, -0.2) is 4.90 Å². The van der Waals surface area contributed by atoms with Crippen molar-refractivity contribution in [1.82, 2.24) is 5.01 Å². The Kier molecular flexibility index (Phi) is 8.41. The summed E-state index contributed by atoms with van der Waals surface area (Å²) in [5.41, 5.74) is 5.27. The van der Waals surface area contributed by atoms with Crippen LogP contribution in [0.4, 0.5) is 17.1 Å². The maximum absolute atomic E-state index is 15.3. The van der Waals surface area contributed by atoms with Crippen molar-refractivity contribution in [2.24, 2.45) is 23.7 Å². The number of nitro benzene ring substituents is 1. The average Bonchev–Trinajstić information content (AvgIpc) is 3.56. The Morgan fingerprint density at radius 1 is 0.887 bits per heavy atom. The first kappa shape index (κ1) is 34.0. The van der Waals surface area contributed by atoms with E-state index in [1.165, 1.54) is 24.3 Å². The second kappa shape index (κ2) is 13.1. The van der Waals surface area contributed by atoms with Crippen LogP contribution in [0.15, 0.2) is 115 Å². The number of nitro groups is 1. The Hall–Kier alpha value is -6.14. The fourth-order valence-corrected chi connectivity index (χ4v) is 9.04. The number of anilines is 2. The lowest BCUT2D eigenvalue weighted by atomic mass is 9.49. The summed E-state index contributed by atoms with van der Waals surface area (Å²) in [5, 5.41) is 22.0. The van der Waals surface area contributed by atoms with Crippen LogP contribution in [0, 0.1) is 40.7 Å². The second-order valence-electron chi connectivity index (χ2n) is 14.0. The molecule has 6 atom stereocenters. The van der Waals surface area contributed by atoms with Gasteiger partial charge in [-0.3, -0.25) is 34.7 Å². The van der Waals surface area contributed by atoms with Crippen molar-refractivity contribution in [3.63, 3.8) is 0 Å². The van der Waals surface area contributed by atoms with Gasteiger partial charge in [0.2, 0.25) is 11.8 Å². The van der Waals surface area contributed by atoms with Crippen molar-refractivity contribution in [3.05, 3.63) is 142 Å². The molecule has 4 aromatic carbocycles. The number of aliphatic hydroxyl groups is 1. The number of nitrogens with zero attached hydrogens (tertiary/aromatic N) is 3. The molecule has 268 valence electrons. The SMILES string of the molecule is Cc1ccc(NN2C(=O)[C@@H]3C[C@@H]4C(=CC[C@@H]5C(=O)N(c6cccc([N+](=O)[O-])c6)C(=O)[C@@H]54)[C@H](c4ccc(OCCO)cc4)[C@]3(c3ccccc3)C2=O)cc1. The first-order chi connectivity index (χ1) is 25.6. The minimum Gasteiger partial charge on any atom is -0.491 e. The fourth-order valence-electron chi connectivity index (χ4n) is 9.04. The Balaban J connectivity index is 1.29. The highest BCUT2D eigenvalue weighted by atomic mass is 16.6. The summed E-state index contributed by atoms with van der Waals surface area (Å²) in [4.78, 5) is 70.7. The zero-order valence-corrected chi connectivity index (χ0v) is 28.8. The third kappa shape index (κ3) is 5.31. The first-order valence-electron chi connectivity index (χ1n) is 17.6. The van der Waals surface area contributed by atoms with Gasteiger partial charge >= 0.3 is 0 Å². The maximum atomic E-state index is 15.3. The largest absolute Gasteiger partial charge is 0.491 e. The number of allylic oxidation sites excluding steroid dienone is 2. The van der Waals surface area contributed by atoms with Gasteiger partial charge in [0.25, 0.3) is 17.5 Å². The van der Waals surface area contributed by atoms with Crippen molar-refractivity contribution in [2.45, 2.75) is 31.1 Å². The number of carbonyl (C=O) groups is 4. The van der Waals surface area contributed by atoms with Gasteiger partial charge in [-0.2, -0.15) is 5.01 Å². The smallest absolute Gasteiger partial charge is 0.271 e. The van der Waals surface area contributed by atoms with Gasteiger partial charge in [-0.05, 0) is 67.1 Å². The van der Waals surface area contributed by atoms with Crippen LogP contribution in [-0.4, -0.2) is 51.9 Å². The van der Waals surface area contributed by atoms with E-state index in [4.69, 9.17) is 4.74 Å². The summed E-state index contributed by atoms with van der Waals surface area (Å²) in [7, 11) is 0. The molecule has 12 nitrogen and oxygen atoms in total. The molecule has 12 heteroatoms. The van der Waals surface area contributed by atoms with E-state index in [1.54, 1.807) is 24.3 Å². The van der Waals surface area contributed by atoms with Crippen molar-refractivity contribution in [2.75, 3.05) is 23.5 Å². The van der Waals surface area contributed by atoms with Crippen LogP contribution in [0.25, 0.3) is 0 Å². The molecule has 1 saturated carbocycles. The Morgan fingerprint density at radius 2 is 1.62 bits per heavy atom. The summed E-state index contributed by atoms with van der Waals surface area (Å²) in [6.07, 6.45) is 2.29. The highest BCUT2D eigenvalue weighted by Gasteiger charge is 2.70. The van der Waals surface area contributed by atoms with Gasteiger partial charge < -0.3 is 9.84 Å². The lowest BCUT2D eigenvalue weighted by Gasteiger charge is -2.50. The number of benzene rings is 4. The molecule has 0 aromatic heterocycles. The van der Waals surface area contributed by atoms with Gasteiger partial charge in [0, 0.05) is 18.1 Å². The lowest BCUT2D eigenvalue weighted by molar-refractivity contribution is -0.384. The first-order valence-corrected chi connectivity index (χ1v) is 17.6. The number of imide groups is 2. The molecule has 2 aliphatic carbocycles. The monoisotopic (exact) mass is 712 g/mol. The topological polar surface area (TPSA) is 159 Å². The number of aryl methyl sites for hydroxylation is 1. The van der Waals surface area contributed by atoms with E-state index in [-0.39, 0.29) is 37.4 Å². The molecule has 4 aliphatic rings. The Bertz CT molecular complexity index is 2170. The van der Waals surface area contributed by atoms with E-state index >= 15 is 4.79 Å². The van der Waals surface area contributed by atoms with E-state index in [9.17, 15) is 29.6 Å². The Labute approximate surface area is 304 Å². The zero-order chi connectivity index (χ0) is 37.0. The summed E-state index contributed by atoms with van der Waals surface area (Å²) >= 11 is 0. The van der Waals surface area contributed by atoms with Crippen molar-refractivity contribution in [3.8, 4) is 5.75 Å². The molecule has 4 amide bonds. The number of hydrogen-bond donors (Lipinski definition) is 2. The summed E-state index contributed by atoms with van der Waals surface area (Å²) < 4.78 is 5.66. The van der Waals surface area contributed by atoms with Crippen LogP contribution in [0.3, 0.4) is 0 Å². The molecule has 4 aromatic rings. The van der Waals surface area contributed by atoms with E-state index in [2.05, 4.69) is 5.43 Å². The Morgan fingerprint density at radius 3 is 2.32 bits per heavy atom. The highest BCUT2D eigenvalue weighted by molar-refractivity contribution is 6.22. The van der Waals surface area contributed by atoms with Crippen molar-refractivity contribution in [1.29, 1.82) is 0 Å². The molecule has 2 saturated heterocycles. The molecule has 2 N–H and O–H groups in total. The summed E-state index contributed by atoms with van der Waals surface area (Å²) in [6.45, 7) is 1.87.